The minimum Gasteiger partial charge on any atom is -0.389 e. The highest BCUT2D eigenvalue weighted by Gasteiger charge is 2.37. The molecule has 1 aromatic rings. The van der Waals surface area contributed by atoms with Crippen molar-refractivity contribution in [2.75, 3.05) is 13.1 Å². The van der Waals surface area contributed by atoms with Crippen LogP contribution in [0.15, 0.2) is 18.2 Å². The van der Waals surface area contributed by atoms with Crippen molar-refractivity contribution in [3.8, 4) is 0 Å². The molecule has 0 bridgehead atoms. The second-order valence-electron chi connectivity index (χ2n) is 5.84. The minimum absolute atomic E-state index is 0.368. The zero-order valence-corrected chi connectivity index (χ0v) is 11.8. The van der Waals surface area contributed by atoms with Crippen LogP contribution in [0.3, 0.4) is 0 Å². The molecule has 1 aromatic carbocycles. The Morgan fingerprint density at radius 3 is 2.56 bits per heavy atom. The number of hydrogen-bond donors (Lipinski definition) is 2. The molecule has 1 fully saturated rings. The van der Waals surface area contributed by atoms with Gasteiger partial charge in [-0.3, -0.25) is 0 Å². The van der Waals surface area contributed by atoms with Crippen LogP contribution in [0.25, 0.3) is 0 Å². The van der Waals surface area contributed by atoms with Gasteiger partial charge in [0.05, 0.1) is 5.60 Å². The first-order valence-electron chi connectivity index (χ1n) is 7.04. The molecule has 0 amide bonds. The maximum absolute atomic E-state index is 10.9. The summed E-state index contributed by atoms with van der Waals surface area (Å²) in [6.07, 6.45) is 2.68. The van der Waals surface area contributed by atoms with Gasteiger partial charge in [0.2, 0.25) is 0 Å². The van der Waals surface area contributed by atoms with E-state index in [1.165, 1.54) is 16.7 Å². The predicted octanol–water partition coefficient (Wildman–Crippen LogP) is 2.60. The van der Waals surface area contributed by atoms with Crippen LogP contribution < -0.4 is 5.32 Å². The van der Waals surface area contributed by atoms with Crippen LogP contribution in [0.1, 0.15) is 36.5 Å². The first kappa shape index (κ1) is 13.6. The number of benzene rings is 1. The second-order valence-corrected chi connectivity index (χ2v) is 5.84. The van der Waals surface area contributed by atoms with Crippen molar-refractivity contribution >= 4 is 0 Å². The zero-order chi connectivity index (χ0) is 13.2. The van der Waals surface area contributed by atoms with E-state index in [9.17, 15) is 5.11 Å². The molecule has 18 heavy (non-hydrogen) atoms. The maximum atomic E-state index is 10.9. The van der Waals surface area contributed by atoms with Crippen LogP contribution in [0, 0.1) is 19.8 Å². The van der Waals surface area contributed by atoms with Crippen molar-refractivity contribution in [3.05, 3.63) is 34.9 Å². The van der Waals surface area contributed by atoms with Crippen molar-refractivity contribution in [2.24, 2.45) is 5.92 Å². The van der Waals surface area contributed by atoms with Gasteiger partial charge in [0.15, 0.2) is 0 Å². The van der Waals surface area contributed by atoms with E-state index < -0.39 is 5.60 Å². The van der Waals surface area contributed by atoms with Crippen LogP contribution >= 0.6 is 0 Å². The highest BCUT2D eigenvalue weighted by atomic mass is 16.3. The van der Waals surface area contributed by atoms with E-state index in [-0.39, 0.29) is 0 Å². The van der Waals surface area contributed by atoms with Gasteiger partial charge in [-0.2, -0.15) is 0 Å². The number of aryl methyl sites for hydroxylation is 2. The Balaban J connectivity index is 2.19. The van der Waals surface area contributed by atoms with E-state index in [0.29, 0.717) is 5.92 Å². The fraction of sp³-hybridized carbons (Fsp3) is 0.625. The molecule has 2 atom stereocenters. The van der Waals surface area contributed by atoms with Gasteiger partial charge in [-0.25, -0.2) is 0 Å². The monoisotopic (exact) mass is 247 g/mol. The summed E-state index contributed by atoms with van der Waals surface area (Å²) in [7, 11) is 0. The molecule has 0 spiro atoms. The highest BCUT2D eigenvalue weighted by molar-refractivity contribution is 5.29. The van der Waals surface area contributed by atoms with Crippen LogP contribution in [0.2, 0.25) is 0 Å². The Morgan fingerprint density at radius 1 is 1.28 bits per heavy atom. The fourth-order valence-corrected chi connectivity index (χ4v) is 3.26. The average Bonchev–Trinajstić information content (AvgIpc) is 2.27. The topological polar surface area (TPSA) is 32.3 Å². The summed E-state index contributed by atoms with van der Waals surface area (Å²) in [5.41, 5.74) is 3.32. The molecule has 1 saturated heterocycles. The lowest BCUT2D eigenvalue weighted by Gasteiger charge is -2.40. The number of rotatable bonds is 3. The maximum Gasteiger partial charge on any atom is 0.0740 e. The Hall–Kier alpha value is -0.860. The molecular weight excluding hydrogens is 222 g/mol. The van der Waals surface area contributed by atoms with Gasteiger partial charge in [-0.1, -0.05) is 36.2 Å². The van der Waals surface area contributed by atoms with Gasteiger partial charge in [0.1, 0.15) is 0 Å². The fourth-order valence-electron chi connectivity index (χ4n) is 3.26. The second kappa shape index (κ2) is 5.41. The molecule has 1 aliphatic rings. The molecule has 0 radical (unpaired) electrons. The van der Waals surface area contributed by atoms with Crippen LogP contribution in [0.5, 0.6) is 0 Å². The lowest BCUT2D eigenvalue weighted by atomic mass is 9.76. The molecule has 2 unspecified atom stereocenters. The van der Waals surface area contributed by atoms with Crippen molar-refractivity contribution in [2.45, 2.75) is 45.6 Å². The van der Waals surface area contributed by atoms with E-state index in [0.717, 1.165) is 32.4 Å². The number of hydrogen-bond acceptors (Lipinski definition) is 2. The molecule has 0 aliphatic carbocycles. The summed E-state index contributed by atoms with van der Waals surface area (Å²) >= 11 is 0. The van der Waals surface area contributed by atoms with E-state index in [1.54, 1.807) is 0 Å². The summed E-state index contributed by atoms with van der Waals surface area (Å²) in [5.74, 6) is 0.368. The van der Waals surface area contributed by atoms with E-state index >= 15 is 0 Å². The quantitative estimate of drug-likeness (QED) is 0.860. The zero-order valence-electron chi connectivity index (χ0n) is 11.8. The molecule has 1 aliphatic heterocycles. The third-order valence-electron chi connectivity index (χ3n) is 4.17. The van der Waals surface area contributed by atoms with Crippen molar-refractivity contribution in [1.82, 2.24) is 5.32 Å². The number of piperidine rings is 1. The van der Waals surface area contributed by atoms with E-state index in [1.807, 2.05) is 0 Å². The van der Waals surface area contributed by atoms with Crippen LogP contribution in [0.4, 0.5) is 0 Å². The number of aliphatic hydroxyl groups is 1. The predicted molar refractivity (Wildman–Crippen MR) is 75.8 cm³/mol. The van der Waals surface area contributed by atoms with Crippen molar-refractivity contribution in [3.63, 3.8) is 0 Å². The average molecular weight is 247 g/mol. The van der Waals surface area contributed by atoms with Gasteiger partial charge in [0.25, 0.3) is 0 Å². The molecule has 100 valence electrons. The molecule has 0 saturated carbocycles. The Morgan fingerprint density at radius 2 is 1.94 bits per heavy atom. The molecule has 2 heteroatoms. The normalized spacial score (nSPS) is 28.3. The molecule has 2 N–H and O–H groups in total. The molecular formula is C16H25NO. The first-order valence-corrected chi connectivity index (χ1v) is 7.04. The summed E-state index contributed by atoms with van der Waals surface area (Å²) < 4.78 is 0. The summed E-state index contributed by atoms with van der Waals surface area (Å²) in [6, 6.07) is 6.60. The van der Waals surface area contributed by atoms with Crippen molar-refractivity contribution < 1.29 is 5.11 Å². The smallest absolute Gasteiger partial charge is 0.0740 e. The Kier molecular flexibility index (Phi) is 4.08. The highest BCUT2D eigenvalue weighted by Crippen LogP contribution is 2.31. The standard InChI is InChI=1S/C16H25NO/c1-4-15-11-17-6-5-16(15,18)10-14-8-12(2)7-13(3)9-14/h7-9,15,17-18H,4-6,10-11H2,1-3H3. The van der Waals surface area contributed by atoms with Crippen molar-refractivity contribution in [1.29, 1.82) is 0 Å². The van der Waals surface area contributed by atoms with Gasteiger partial charge in [-0.15, -0.1) is 0 Å². The molecule has 0 aromatic heterocycles. The molecule has 2 nitrogen and oxygen atoms in total. The van der Waals surface area contributed by atoms with Crippen LogP contribution in [-0.4, -0.2) is 23.8 Å². The first-order chi connectivity index (χ1) is 8.53. The van der Waals surface area contributed by atoms with Gasteiger partial charge in [0, 0.05) is 18.9 Å². The largest absolute Gasteiger partial charge is 0.389 e. The van der Waals surface area contributed by atoms with Gasteiger partial charge >= 0.3 is 0 Å². The van der Waals surface area contributed by atoms with Crippen LogP contribution in [-0.2, 0) is 6.42 Å². The third kappa shape index (κ3) is 2.93. The van der Waals surface area contributed by atoms with Gasteiger partial charge in [-0.05, 0) is 38.8 Å². The molecule has 2 rings (SSSR count). The third-order valence-corrected chi connectivity index (χ3v) is 4.17. The lowest BCUT2D eigenvalue weighted by molar-refractivity contribution is -0.0414. The van der Waals surface area contributed by atoms with E-state index in [2.05, 4.69) is 44.3 Å². The summed E-state index contributed by atoms with van der Waals surface area (Å²) in [5, 5.41) is 14.3. The number of nitrogens with one attached hydrogen (secondary N) is 1. The molecule has 1 heterocycles. The minimum atomic E-state index is -0.528. The van der Waals surface area contributed by atoms with Gasteiger partial charge < -0.3 is 10.4 Å². The Labute approximate surface area is 110 Å². The SMILES string of the molecule is CCC1CNCCC1(O)Cc1cc(C)cc(C)c1. The summed E-state index contributed by atoms with van der Waals surface area (Å²) in [4.78, 5) is 0. The Bertz CT molecular complexity index is 395. The summed E-state index contributed by atoms with van der Waals surface area (Å²) in [6.45, 7) is 8.29. The van der Waals surface area contributed by atoms with E-state index in [4.69, 9.17) is 0 Å². The lowest BCUT2D eigenvalue weighted by Crippen LogP contribution is -2.51.